The van der Waals surface area contributed by atoms with Crippen LogP contribution in [0.5, 0.6) is 5.75 Å². The van der Waals surface area contributed by atoms with Crippen LogP contribution in [0.4, 0.5) is 11.4 Å². The van der Waals surface area contributed by atoms with Crippen LogP contribution in [0.15, 0.2) is 12.1 Å². The quantitative estimate of drug-likeness (QED) is 0.782. The summed E-state index contributed by atoms with van der Waals surface area (Å²) in [7, 11) is 1.62. The summed E-state index contributed by atoms with van der Waals surface area (Å²) in [4.78, 5) is 15.4. The van der Waals surface area contributed by atoms with E-state index in [1.165, 1.54) is 0 Å². The Morgan fingerprint density at radius 1 is 1.30 bits per heavy atom. The van der Waals surface area contributed by atoms with Crippen molar-refractivity contribution in [1.29, 1.82) is 0 Å². The Labute approximate surface area is 119 Å². The first-order valence-corrected chi connectivity index (χ1v) is 6.73. The van der Waals surface area contributed by atoms with E-state index >= 15 is 0 Å². The van der Waals surface area contributed by atoms with Gasteiger partial charge in [0.15, 0.2) is 0 Å². The normalized spacial score (nSPS) is 15.3. The van der Waals surface area contributed by atoms with Gasteiger partial charge in [-0.15, -0.1) is 0 Å². The molecule has 0 spiro atoms. The summed E-state index contributed by atoms with van der Waals surface area (Å²) < 4.78 is 5.27. The highest BCUT2D eigenvalue weighted by Crippen LogP contribution is 2.31. The van der Waals surface area contributed by atoms with Gasteiger partial charge in [0.2, 0.25) is 5.91 Å². The van der Waals surface area contributed by atoms with E-state index < -0.39 is 0 Å². The summed E-state index contributed by atoms with van der Waals surface area (Å²) in [5.74, 6) is 0.845. The second-order valence-corrected chi connectivity index (χ2v) is 4.91. The molecular weight excluding hydrogens is 256 g/mol. The van der Waals surface area contributed by atoms with Crippen molar-refractivity contribution in [3.05, 3.63) is 17.7 Å². The number of hydrogen-bond acceptors (Lipinski definition) is 5. The first-order valence-electron chi connectivity index (χ1n) is 6.73. The zero-order valence-electron chi connectivity index (χ0n) is 12.1. The number of benzene rings is 1. The number of carbonyl (C=O) groups excluding carboxylic acids is 1. The number of nitrogen functional groups attached to an aromatic ring is 1. The second kappa shape index (κ2) is 6.00. The van der Waals surface area contributed by atoms with Crippen LogP contribution in [-0.2, 0) is 11.3 Å². The maximum absolute atomic E-state index is 11.4. The summed E-state index contributed by atoms with van der Waals surface area (Å²) in [5.41, 5.74) is 14.4. The SMILES string of the molecule is COc1cc(N)c(CN)c(N2CCN(C(C)=O)CC2)c1. The van der Waals surface area contributed by atoms with Gasteiger partial charge in [-0.2, -0.15) is 0 Å². The van der Waals surface area contributed by atoms with Gasteiger partial charge in [-0.05, 0) is 0 Å². The lowest BCUT2D eigenvalue weighted by atomic mass is 10.1. The van der Waals surface area contributed by atoms with Crippen molar-refractivity contribution in [2.75, 3.05) is 43.9 Å². The largest absolute Gasteiger partial charge is 0.497 e. The minimum absolute atomic E-state index is 0.119. The van der Waals surface area contributed by atoms with E-state index in [-0.39, 0.29) is 5.91 Å². The highest BCUT2D eigenvalue weighted by molar-refractivity contribution is 5.74. The fraction of sp³-hybridized carbons (Fsp3) is 0.500. The average molecular weight is 278 g/mol. The van der Waals surface area contributed by atoms with Crippen molar-refractivity contribution in [3.63, 3.8) is 0 Å². The van der Waals surface area contributed by atoms with Crippen LogP contribution in [0.2, 0.25) is 0 Å². The molecule has 1 heterocycles. The van der Waals surface area contributed by atoms with Crippen LogP contribution in [0, 0.1) is 0 Å². The van der Waals surface area contributed by atoms with E-state index in [2.05, 4.69) is 4.90 Å². The van der Waals surface area contributed by atoms with Crippen LogP contribution in [0.25, 0.3) is 0 Å². The van der Waals surface area contributed by atoms with Crippen molar-refractivity contribution in [2.24, 2.45) is 5.73 Å². The van der Waals surface area contributed by atoms with Crippen molar-refractivity contribution in [3.8, 4) is 5.75 Å². The predicted molar refractivity (Wildman–Crippen MR) is 79.8 cm³/mol. The van der Waals surface area contributed by atoms with Gasteiger partial charge < -0.3 is 26.0 Å². The molecule has 6 nitrogen and oxygen atoms in total. The molecule has 0 radical (unpaired) electrons. The van der Waals surface area contributed by atoms with Gasteiger partial charge in [0.05, 0.1) is 7.11 Å². The first-order chi connectivity index (χ1) is 9.56. The third kappa shape index (κ3) is 2.80. The number of rotatable bonds is 3. The minimum Gasteiger partial charge on any atom is -0.497 e. The number of carbonyl (C=O) groups is 1. The van der Waals surface area contributed by atoms with E-state index in [0.29, 0.717) is 12.2 Å². The van der Waals surface area contributed by atoms with E-state index in [0.717, 1.165) is 43.2 Å². The smallest absolute Gasteiger partial charge is 0.219 e. The number of hydrogen-bond donors (Lipinski definition) is 2. The number of ether oxygens (including phenoxy) is 1. The number of nitrogens with zero attached hydrogens (tertiary/aromatic N) is 2. The van der Waals surface area contributed by atoms with E-state index in [4.69, 9.17) is 16.2 Å². The lowest BCUT2D eigenvalue weighted by Crippen LogP contribution is -2.48. The Kier molecular flexibility index (Phi) is 4.34. The molecule has 110 valence electrons. The summed E-state index contributed by atoms with van der Waals surface area (Å²) >= 11 is 0. The maximum atomic E-state index is 11.4. The molecule has 1 amide bonds. The minimum atomic E-state index is 0.119. The number of piperazine rings is 1. The van der Waals surface area contributed by atoms with Crippen LogP contribution >= 0.6 is 0 Å². The number of anilines is 2. The zero-order chi connectivity index (χ0) is 14.7. The Bertz CT molecular complexity index is 496. The van der Waals surface area contributed by atoms with E-state index in [1.54, 1.807) is 20.1 Å². The van der Waals surface area contributed by atoms with Crippen molar-refractivity contribution in [2.45, 2.75) is 13.5 Å². The van der Waals surface area contributed by atoms with Crippen molar-refractivity contribution >= 4 is 17.3 Å². The molecule has 0 atom stereocenters. The molecule has 1 aromatic rings. The van der Waals surface area contributed by atoms with Crippen LogP contribution in [0.3, 0.4) is 0 Å². The first kappa shape index (κ1) is 14.5. The molecule has 4 N–H and O–H groups in total. The molecule has 0 unspecified atom stereocenters. The topological polar surface area (TPSA) is 84.8 Å². The fourth-order valence-corrected chi connectivity index (χ4v) is 2.54. The number of amides is 1. The molecular formula is C14H22N4O2. The lowest BCUT2D eigenvalue weighted by Gasteiger charge is -2.36. The molecule has 0 bridgehead atoms. The van der Waals surface area contributed by atoms with Crippen molar-refractivity contribution in [1.82, 2.24) is 4.90 Å². The lowest BCUT2D eigenvalue weighted by molar-refractivity contribution is -0.129. The predicted octanol–water partition coefficient (Wildman–Crippen LogP) is 0.405. The highest BCUT2D eigenvalue weighted by Gasteiger charge is 2.21. The third-order valence-electron chi connectivity index (χ3n) is 3.74. The van der Waals surface area contributed by atoms with Gasteiger partial charge in [0, 0.05) is 68.7 Å². The molecule has 1 aliphatic rings. The van der Waals surface area contributed by atoms with Gasteiger partial charge in [0.1, 0.15) is 5.75 Å². The second-order valence-electron chi connectivity index (χ2n) is 4.91. The molecule has 6 heteroatoms. The van der Waals surface area contributed by atoms with Gasteiger partial charge >= 0.3 is 0 Å². The molecule has 1 fully saturated rings. The summed E-state index contributed by atoms with van der Waals surface area (Å²) in [6, 6.07) is 3.75. The molecule has 20 heavy (non-hydrogen) atoms. The van der Waals surface area contributed by atoms with Gasteiger partial charge in [-0.3, -0.25) is 4.79 Å². The van der Waals surface area contributed by atoms with Crippen LogP contribution in [-0.4, -0.2) is 44.1 Å². The van der Waals surface area contributed by atoms with E-state index in [9.17, 15) is 4.79 Å². The Hall–Kier alpha value is -1.95. The molecule has 1 aliphatic heterocycles. The molecule has 0 aromatic heterocycles. The summed E-state index contributed by atoms with van der Waals surface area (Å²) in [6.07, 6.45) is 0. The summed E-state index contributed by atoms with van der Waals surface area (Å²) in [5, 5.41) is 0. The van der Waals surface area contributed by atoms with Gasteiger partial charge in [-0.1, -0.05) is 0 Å². The van der Waals surface area contributed by atoms with Crippen molar-refractivity contribution < 1.29 is 9.53 Å². The molecule has 0 aliphatic carbocycles. The zero-order valence-corrected chi connectivity index (χ0v) is 12.1. The van der Waals surface area contributed by atoms with E-state index in [1.807, 2.05) is 11.0 Å². The molecule has 1 aromatic carbocycles. The van der Waals surface area contributed by atoms with Crippen LogP contribution in [0.1, 0.15) is 12.5 Å². The molecule has 2 rings (SSSR count). The molecule has 0 saturated carbocycles. The van der Waals surface area contributed by atoms with Gasteiger partial charge in [0.25, 0.3) is 0 Å². The fourth-order valence-electron chi connectivity index (χ4n) is 2.54. The average Bonchev–Trinajstić information content (AvgIpc) is 2.46. The Morgan fingerprint density at radius 2 is 1.95 bits per heavy atom. The van der Waals surface area contributed by atoms with Gasteiger partial charge in [-0.25, -0.2) is 0 Å². The maximum Gasteiger partial charge on any atom is 0.219 e. The summed E-state index contributed by atoms with van der Waals surface area (Å²) in [6.45, 7) is 4.98. The molecule has 1 saturated heterocycles. The third-order valence-corrected chi connectivity index (χ3v) is 3.74. The monoisotopic (exact) mass is 278 g/mol. The van der Waals surface area contributed by atoms with Crippen LogP contribution < -0.4 is 21.1 Å². The number of nitrogens with two attached hydrogens (primary N) is 2. The Morgan fingerprint density at radius 3 is 2.45 bits per heavy atom. The number of methoxy groups -OCH3 is 1. The standard InChI is InChI=1S/C14H22N4O2/c1-10(19)17-3-5-18(6-4-17)14-8-11(20-2)7-13(16)12(14)9-15/h7-8H,3-6,9,15-16H2,1-2H3. The highest BCUT2D eigenvalue weighted by atomic mass is 16.5. The Balaban J connectivity index is 2.24.